The number of H-pyrrole nitrogens is 1. The van der Waals surface area contributed by atoms with Gasteiger partial charge in [-0.15, -0.1) is 0 Å². The minimum atomic E-state index is -1.36. The number of carbonyl (C=O) groups is 1. The van der Waals surface area contributed by atoms with Crippen LogP contribution in [0, 0.1) is 5.82 Å². The average molecular weight is 272 g/mol. The van der Waals surface area contributed by atoms with Crippen LogP contribution in [0.2, 0.25) is 5.02 Å². The minimum Gasteiger partial charge on any atom is -0.477 e. The summed E-state index contributed by atoms with van der Waals surface area (Å²) in [5.74, 6) is -2.12. The van der Waals surface area contributed by atoms with Crippen LogP contribution in [0.4, 0.5) is 4.39 Å². The number of hydrogen-bond donors (Lipinski definition) is 2. The van der Waals surface area contributed by atoms with Crippen LogP contribution in [0.1, 0.15) is 24.2 Å². The molecule has 0 amide bonds. The van der Waals surface area contributed by atoms with Crippen molar-refractivity contribution < 1.29 is 14.3 Å². The first-order valence-corrected chi connectivity index (χ1v) is 5.62. The van der Waals surface area contributed by atoms with Gasteiger partial charge in [0.05, 0.1) is 10.5 Å². The lowest BCUT2D eigenvalue weighted by Crippen LogP contribution is -2.15. The van der Waals surface area contributed by atoms with E-state index >= 15 is 0 Å². The molecule has 2 rings (SSSR count). The van der Waals surface area contributed by atoms with Gasteiger partial charge in [-0.1, -0.05) is 25.4 Å². The summed E-state index contributed by atoms with van der Waals surface area (Å²) in [6, 6.07) is 2.15. The van der Waals surface area contributed by atoms with Crippen molar-refractivity contribution in [3.63, 3.8) is 0 Å². The number of nitrogens with one attached hydrogen (secondary N) is 1. The molecular formula is C12H11ClFNO3. The summed E-state index contributed by atoms with van der Waals surface area (Å²) in [7, 11) is 0. The van der Waals surface area contributed by atoms with Gasteiger partial charge in [-0.25, -0.2) is 9.18 Å². The van der Waals surface area contributed by atoms with Crippen molar-refractivity contribution in [2.45, 2.75) is 13.8 Å². The maximum absolute atomic E-state index is 13.1. The van der Waals surface area contributed by atoms with Crippen LogP contribution in [-0.4, -0.2) is 16.1 Å². The van der Waals surface area contributed by atoms with Gasteiger partial charge >= 0.3 is 5.97 Å². The second kappa shape index (κ2) is 5.64. The molecule has 1 heterocycles. The van der Waals surface area contributed by atoms with E-state index in [-0.39, 0.29) is 10.4 Å². The van der Waals surface area contributed by atoms with E-state index in [0.717, 1.165) is 12.3 Å². The smallest absolute Gasteiger partial charge is 0.341 e. The Kier molecular flexibility index (Phi) is 4.44. The molecule has 2 N–H and O–H groups in total. The molecule has 1 aromatic heterocycles. The van der Waals surface area contributed by atoms with Crippen molar-refractivity contribution in [1.29, 1.82) is 0 Å². The number of fused-ring (bicyclic) bond motifs is 1. The van der Waals surface area contributed by atoms with Gasteiger partial charge in [0.1, 0.15) is 11.4 Å². The molecule has 0 saturated heterocycles. The van der Waals surface area contributed by atoms with Gasteiger partial charge in [0.15, 0.2) is 0 Å². The summed E-state index contributed by atoms with van der Waals surface area (Å²) >= 11 is 5.53. The molecule has 0 spiro atoms. The van der Waals surface area contributed by atoms with E-state index in [1.165, 1.54) is 6.07 Å². The van der Waals surface area contributed by atoms with Crippen LogP contribution in [0.25, 0.3) is 10.9 Å². The zero-order valence-corrected chi connectivity index (χ0v) is 10.5. The number of carboxylic acids is 1. The maximum atomic E-state index is 13.1. The second-order valence-electron chi connectivity index (χ2n) is 3.15. The summed E-state index contributed by atoms with van der Waals surface area (Å²) in [5, 5.41) is 8.54. The Morgan fingerprint density at radius 3 is 2.56 bits per heavy atom. The standard InChI is InChI=1S/C10H5ClFNO3.C2H6/c11-6-2-8-4(1-7(6)12)9(14)5(3-13-8)10(15)16;1-2/h1-3H,(H,13,14)(H,15,16);1-2H3. The molecule has 18 heavy (non-hydrogen) atoms. The molecule has 0 aliphatic heterocycles. The van der Waals surface area contributed by atoms with Crippen LogP contribution in [0.5, 0.6) is 0 Å². The van der Waals surface area contributed by atoms with E-state index in [1.54, 1.807) is 0 Å². The summed E-state index contributed by atoms with van der Waals surface area (Å²) < 4.78 is 13.1. The lowest BCUT2D eigenvalue weighted by molar-refractivity contribution is 0.0695. The first-order valence-electron chi connectivity index (χ1n) is 5.24. The Hall–Kier alpha value is -1.88. The average Bonchev–Trinajstić information content (AvgIpc) is 2.34. The van der Waals surface area contributed by atoms with Gasteiger partial charge in [0, 0.05) is 11.6 Å². The Morgan fingerprint density at radius 1 is 1.39 bits per heavy atom. The highest BCUT2D eigenvalue weighted by molar-refractivity contribution is 6.31. The number of benzene rings is 1. The van der Waals surface area contributed by atoms with Gasteiger partial charge in [-0.05, 0) is 12.1 Å². The maximum Gasteiger partial charge on any atom is 0.341 e. The van der Waals surface area contributed by atoms with Crippen molar-refractivity contribution in [3.8, 4) is 0 Å². The summed E-state index contributed by atoms with van der Waals surface area (Å²) in [4.78, 5) is 24.9. The Balaban J connectivity index is 0.000000771. The van der Waals surface area contributed by atoms with Crippen molar-refractivity contribution in [3.05, 3.63) is 45.0 Å². The molecule has 0 saturated carbocycles. The Labute approximate surface area is 107 Å². The van der Waals surface area contributed by atoms with Crippen LogP contribution in [0.15, 0.2) is 23.1 Å². The Bertz CT molecular complexity index is 652. The highest BCUT2D eigenvalue weighted by atomic mass is 35.5. The monoisotopic (exact) mass is 271 g/mol. The first-order chi connectivity index (χ1) is 8.50. The molecule has 6 heteroatoms. The van der Waals surface area contributed by atoms with E-state index < -0.39 is 22.8 Å². The number of carboxylic acid groups (broad SMARTS) is 1. The molecule has 2 aromatic rings. The van der Waals surface area contributed by atoms with E-state index in [0.29, 0.717) is 5.52 Å². The highest BCUT2D eigenvalue weighted by Crippen LogP contribution is 2.19. The molecule has 0 atom stereocenters. The topological polar surface area (TPSA) is 70.2 Å². The number of aromatic carboxylic acids is 1. The first kappa shape index (κ1) is 14.2. The number of halogens is 2. The predicted octanol–water partition coefficient (Wildman–Crippen LogP) is 3.05. The molecule has 0 unspecified atom stereocenters. The number of hydrogen-bond acceptors (Lipinski definition) is 2. The van der Waals surface area contributed by atoms with Crippen LogP contribution < -0.4 is 5.43 Å². The van der Waals surface area contributed by atoms with E-state index in [1.807, 2.05) is 13.8 Å². The molecule has 0 fully saturated rings. The van der Waals surface area contributed by atoms with Crippen LogP contribution >= 0.6 is 11.6 Å². The van der Waals surface area contributed by atoms with E-state index in [2.05, 4.69) is 4.98 Å². The van der Waals surface area contributed by atoms with Crippen molar-refractivity contribution >= 4 is 28.5 Å². The van der Waals surface area contributed by atoms with Gasteiger partial charge in [0.25, 0.3) is 0 Å². The molecule has 96 valence electrons. The fourth-order valence-electron chi connectivity index (χ4n) is 1.37. The molecule has 0 aliphatic rings. The van der Waals surface area contributed by atoms with Crippen LogP contribution in [-0.2, 0) is 0 Å². The third-order valence-electron chi connectivity index (χ3n) is 2.15. The summed E-state index contributed by atoms with van der Waals surface area (Å²) in [6.07, 6.45) is 1.06. The third kappa shape index (κ3) is 2.51. The molecule has 0 bridgehead atoms. The lowest BCUT2D eigenvalue weighted by atomic mass is 10.1. The van der Waals surface area contributed by atoms with Crippen molar-refractivity contribution in [2.24, 2.45) is 0 Å². The normalized spacial score (nSPS) is 9.78. The fourth-order valence-corrected chi connectivity index (χ4v) is 1.54. The fraction of sp³-hybridized carbons (Fsp3) is 0.167. The van der Waals surface area contributed by atoms with Crippen LogP contribution in [0.3, 0.4) is 0 Å². The summed E-state index contributed by atoms with van der Waals surface area (Å²) in [5.41, 5.74) is -0.882. The van der Waals surface area contributed by atoms with Crippen molar-refractivity contribution in [2.75, 3.05) is 0 Å². The van der Waals surface area contributed by atoms with E-state index in [9.17, 15) is 14.0 Å². The van der Waals surface area contributed by atoms with E-state index in [4.69, 9.17) is 16.7 Å². The molecule has 1 aromatic carbocycles. The second-order valence-corrected chi connectivity index (χ2v) is 3.56. The molecule has 4 nitrogen and oxygen atoms in total. The Morgan fingerprint density at radius 2 is 2.00 bits per heavy atom. The van der Waals surface area contributed by atoms with Gasteiger partial charge in [-0.3, -0.25) is 4.79 Å². The van der Waals surface area contributed by atoms with Crippen molar-refractivity contribution in [1.82, 2.24) is 4.98 Å². The zero-order valence-electron chi connectivity index (χ0n) is 9.75. The number of aromatic amines is 1. The van der Waals surface area contributed by atoms with Gasteiger partial charge in [0.2, 0.25) is 5.43 Å². The molecular weight excluding hydrogens is 261 g/mol. The number of pyridine rings is 1. The SMILES string of the molecule is CC.O=C(O)c1c[nH]c2cc(Cl)c(F)cc2c1=O. The zero-order chi connectivity index (χ0) is 13.9. The number of aromatic nitrogens is 1. The molecule has 0 aliphatic carbocycles. The van der Waals surface area contributed by atoms with Gasteiger partial charge in [-0.2, -0.15) is 0 Å². The predicted molar refractivity (Wildman–Crippen MR) is 67.8 cm³/mol. The minimum absolute atomic E-state index is 0.0400. The summed E-state index contributed by atoms with van der Waals surface area (Å²) in [6.45, 7) is 4.00. The third-order valence-corrected chi connectivity index (χ3v) is 2.44. The quantitative estimate of drug-likeness (QED) is 0.837. The molecule has 0 radical (unpaired) electrons. The number of rotatable bonds is 1. The highest BCUT2D eigenvalue weighted by Gasteiger charge is 2.13. The lowest BCUT2D eigenvalue weighted by Gasteiger charge is -2.01. The van der Waals surface area contributed by atoms with Gasteiger partial charge < -0.3 is 10.1 Å². The largest absolute Gasteiger partial charge is 0.477 e.